The molecule has 1 aliphatic carbocycles. The summed E-state index contributed by atoms with van der Waals surface area (Å²) < 4.78 is 26.6. The van der Waals surface area contributed by atoms with Crippen LogP contribution in [0.15, 0.2) is 12.1 Å². The highest BCUT2D eigenvalue weighted by Crippen LogP contribution is 2.67. The summed E-state index contributed by atoms with van der Waals surface area (Å²) in [5.41, 5.74) is 4.86. The molecule has 5 heteroatoms. The first-order valence-corrected chi connectivity index (χ1v) is 6.61. The van der Waals surface area contributed by atoms with E-state index in [1.54, 1.807) is 0 Å². The average Bonchev–Trinajstić information content (AvgIpc) is 2.73. The zero-order valence-corrected chi connectivity index (χ0v) is 12.2. The summed E-state index contributed by atoms with van der Waals surface area (Å²) in [5, 5.41) is 2.73. The molecule has 1 aromatic rings. The zero-order valence-electron chi connectivity index (χ0n) is 12.2. The molecular formula is C15H20F2N2O. The van der Waals surface area contributed by atoms with Crippen molar-refractivity contribution in [3.8, 4) is 0 Å². The summed E-state index contributed by atoms with van der Waals surface area (Å²) >= 11 is 0. The van der Waals surface area contributed by atoms with Gasteiger partial charge in [0, 0.05) is 12.1 Å². The lowest BCUT2D eigenvalue weighted by molar-refractivity contribution is 0.0949. The molecule has 20 heavy (non-hydrogen) atoms. The van der Waals surface area contributed by atoms with Crippen LogP contribution in [0.4, 0.5) is 14.5 Å². The van der Waals surface area contributed by atoms with E-state index < -0.39 is 23.2 Å². The quantitative estimate of drug-likeness (QED) is 0.837. The van der Waals surface area contributed by atoms with Gasteiger partial charge in [-0.1, -0.05) is 27.7 Å². The molecule has 0 aromatic heterocycles. The number of hydrogen-bond donors (Lipinski definition) is 2. The fraction of sp³-hybridized carbons (Fsp3) is 0.533. The van der Waals surface area contributed by atoms with Crippen LogP contribution in [0.25, 0.3) is 0 Å². The maximum atomic E-state index is 13.3. The van der Waals surface area contributed by atoms with Gasteiger partial charge in [0.15, 0.2) is 0 Å². The number of nitrogens with two attached hydrogens (primary N) is 1. The van der Waals surface area contributed by atoms with Crippen LogP contribution in [-0.2, 0) is 0 Å². The second kappa shape index (κ2) is 4.43. The molecule has 3 nitrogen and oxygen atoms in total. The Kier molecular flexibility index (Phi) is 3.27. The van der Waals surface area contributed by atoms with Gasteiger partial charge < -0.3 is 11.1 Å². The fourth-order valence-electron chi connectivity index (χ4n) is 2.86. The van der Waals surface area contributed by atoms with Crippen molar-refractivity contribution >= 4 is 11.6 Å². The normalized spacial score (nSPS) is 19.7. The van der Waals surface area contributed by atoms with Crippen molar-refractivity contribution in [2.75, 3.05) is 12.3 Å². The van der Waals surface area contributed by atoms with Crippen LogP contribution in [0.2, 0.25) is 0 Å². The van der Waals surface area contributed by atoms with E-state index in [0.717, 1.165) is 12.1 Å². The summed E-state index contributed by atoms with van der Waals surface area (Å²) in [6, 6.07) is 1.91. The summed E-state index contributed by atoms with van der Waals surface area (Å²) in [5.74, 6) is -1.96. The van der Waals surface area contributed by atoms with Crippen LogP contribution >= 0.6 is 0 Å². The van der Waals surface area contributed by atoms with E-state index in [9.17, 15) is 13.6 Å². The molecule has 0 bridgehead atoms. The van der Waals surface area contributed by atoms with Crippen LogP contribution < -0.4 is 11.1 Å². The van der Waals surface area contributed by atoms with Crippen molar-refractivity contribution in [2.24, 2.45) is 16.7 Å². The van der Waals surface area contributed by atoms with Crippen LogP contribution in [0.5, 0.6) is 0 Å². The van der Waals surface area contributed by atoms with Gasteiger partial charge in [0.25, 0.3) is 5.91 Å². The number of benzene rings is 1. The van der Waals surface area contributed by atoms with Crippen LogP contribution in [-0.4, -0.2) is 12.5 Å². The number of amides is 1. The first-order valence-electron chi connectivity index (χ1n) is 6.61. The van der Waals surface area contributed by atoms with Crippen LogP contribution in [0.3, 0.4) is 0 Å². The molecule has 0 unspecified atom stereocenters. The average molecular weight is 282 g/mol. The Morgan fingerprint density at radius 2 is 1.65 bits per heavy atom. The molecule has 2 rings (SSSR count). The van der Waals surface area contributed by atoms with Crippen molar-refractivity contribution in [2.45, 2.75) is 27.7 Å². The number of nitrogens with one attached hydrogen (secondary N) is 1. The van der Waals surface area contributed by atoms with Crippen molar-refractivity contribution < 1.29 is 13.6 Å². The third-order valence-corrected chi connectivity index (χ3v) is 5.13. The van der Waals surface area contributed by atoms with E-state index in [-0.39, 0.29) is 16.4 Å². The van der Waals surface area contributed by atoms with Gasteiger partial charge in [0.05, 0.1) is 0 Å². The van der Waals surface area contributed by atoms with E-state index in [4.69, 9.17) is 5.73 Å². The van der Waals surface area contributed by atoms with E-state index in [0.29, 0.717) is 12.5 Å². The van der Waals surface area contributed by atoms with Crippen molar-refractivity contribution in [3.05, 3.63) is 29.3 Å². The monoisotopic (exact) mass is 282 g/mol. The molecule has 110 valence electrons. The number of carbonyl (C=O) groups is 1. The Morgan fingerprint density at radius 3 is 2.05 bits per heavy atom. The number of hydrogen-bond acceptors (Lipinski definition) is 2. The highest BCUT2D eigenvalue weighted by molar-refractivity contribution is 5.94. The van der Waals surface area contributed by atoms with E-state index in [1.165, 1.54) is 0 Å². The molecule has 0 atom stereocenters. The highest BCUT2D eigenvalue weighted by atomic mass is 19.1. The van der Waals surface area contributed by atoms with Gasteiger partial charge in [-0.25, -0.2) is 8.78 Å². The SMILES string of the molecule is CC1(C)C(CNC(=O)c2cc(F)c(N)c(F)c2)C1(C)C. The minimum Gasteiger partial charge on any atom is -0.394 e. The number of halogens is 2. The van der Waals surface area contributed by atoms with Gasteiger partial charge in [-0.2, -0.15) is 0 Å². The van der Waals surface area contributed by atoms with Gasteiger partial charge >= 0.3 is 0 Å². The molecule has 0 heterocycles. The van der Waals surface area contributed by atoms with Gasteiger partial charge in [-0.3, -0.25) is 4.79 Å². The van der Waals surface area contributed by atoms with Gasteiger partial charge in [-0.15, -0.1) is 0 Å². The van der Waals surface area contributed by atoms with Crippen molar-refractivity contribution in [3.63, 3.8) is 0 Å². The molecule has 1 amide bonds. The lowest BCUT2D eigenvalue weighted by Crippen LogP contribution is -2.27. The summed E-state index contributed by atoms with van der Waals surface area (Å²) in [7, 11) is 0. The maximum Gasteiger partial charge on any atom is 0.251 e. The van der Waals surface area contributed by atoms with E-state index in [1.807, 2.05) is 0 Å². The second-order valence-electron chi connectivity index (χ2n) is 6.56. The molecule has 1 saturated carbocycles. The van der Waals surface area contributed by atoms with Crippen molar-refractivity contribution in [1.82, 2.24) is 5.32 Å². The Morgan fingerprint density at radius 1 is 1.20 bits per heavy atom. The Bertz CT molecular complexity index is 530. The Labute approximate surface area is 117 Å². The summed E-state index contributed by atoms with van der Waals surface area (Å²) in [4.78, 5) is 11.9. The van der Waals surface area contributed by atoms with Crippen molar-refractivity contribution in [1.29, 1.82) is 0 Å². The number of carbonyl (C=O) groups excluding carboxylic acids is 1. The van der Waals surface area contributed by atoms with Gasteiger partial charge in [0.2, 0.25) is 0 Å². The number of rotatable bonds is 3. The molecule has 0 aliphatic heterocycles. The predicted molar refractivity (Wildman–Crippen MR) is 74.2 cm³/mol. The Balaban J connectivity index is 2.04. The lowest BCUT2D eigenvalue weighted by Gasteiger charge is -2.08. The van der Waals surface area contributed by atoms with E-state index >= 15 is 0 Å². The van der Waals surface area contributed by atoms with Crippen LogP contribution in [0, 0.1) is 28.4 Å². The smallest absolute Gasteiger partial charge is 0.251 e. The Hall–Kier alpha value is -1.65. The topological polar surface area (TPSA) is 55.1 Å². The molecule has 1 aliphatic rings. The van der Waals surface area contributed by atoms with Gasteiger partial charge in [-0.05, 0) is 28.9 Å². The van der Waals surface area contributed by atoms with E-state index in [2.05, 4.69) is 33.0 Å². The molecule has 1 aromatic carbocycles. The minimum absolute atomic E-state index is 0.0505. The molecule has 0 saturated heterocycles. The number of anilines is 1. The lowest BCUT2D eigenvalue weighted by atomic mass is 10.0. The van der Waals surface area contributed by atoms with Crippen LogP contribution in [0.1, 0.15) is 38.1 Å². The molecule has 1 fully saturated rings. The largest absolute Gasteiger partial charge is 0.394 e. The molecule has 0 spiro atoms. The third kappa shape index (κ3) is 2.15. The standard InChI is InChI=1S/C15H20F2N2O/c1-14(2)11(15(14,3)4)7-19-13(20)8-5-9(16)12(18)10(17)6-8/h5-6,11H,7,18H2,1-4H3,(H,19,20). The summed E-state index contributed by atoms with van der Waals surface area (Å²) in [6.45, 7) is 9.07. The maximum absolute atomic E-state index is 13.3. The summed E-state index contributed by atoms with van der Waals surface area (Å²) in [6.07, 6.45) is 0. The zero-order chi connectivity index (χ0) is 15.3. The highest BCUT2D eigenvalue weighted by Gasteiger charge is 2.64. The minimum atomic E-state index is -0.915. The molecule has 3 N–H and O–H groups in total. The third-order valence-electron chi connectivity index (χ3n) is 5.13. The first-order chi connectivity index (χ1) is 9.09. The fourth-order valence-corrected chi connectivity index (χ4v) is 2.86. The first kappa shape index (κ1) is 14.8. The second-order valence-corrected chi connectivity index (χ2v) is 6.56. The van der Waals surface area contributed by atoms with Gasteiger partial charge in [0.1, 0.15) is 17.3 Å². The molecular weight excluding hydrogens is 262 g/mol. The number of nitrogen functional groups attached to an aromatic ring is 1. The molecule has 0 radical (unpaired) electrons. The predicted octanol–water partition coefficient (Wildman–Crippen LogP) is 2.96.